The number of nitrogens with zero attached hydrogens (tertiary/aromatic N) is 2. The van der Waals surface area contributed by atoms with Gasteiger partial charge in [0.2, 0.25) is 5.89 Å². The van der Waals surface area contributed by atoms with Gasteiger partial charge in [0, 0.05) is 18.2 Å². The highest BCUT2D eigenvalue weighted by Gasteiger charge is 2.28. The Balaban J connectivity index is 1.46. The van der Waals surface area contributed by atoms with E-state index in [1.165, 1.54) is 36.9 Å². The van der Waals surface area contributed by atoms with Crippen LogP contribution in [0.4, 0.5) is 5.69 Å². The molecule has 4 nitrogen and oxygen atoms in total. The van der Waals surface area contributed by atoms with Gasteiger partial charge in [-0.25, -0.2) is 0 Å². The van der Waals surface area contributed by atoms with Gasteiger partial charge in [0.05, 0.1) is 6.42 Å². The van der Waals surface area contributed by atoms with Crippen molar-refractivity contribution in [3.05, 3.63) is 41.5 Å². The van der Waals surface area contributed by atoms with Crippen molar-refractivity contribution in [3.8, 4) is 0 Å². The summed E-state index contributed by atoms with van der Waals surface area (Å²) in [5.74, 6) is 2.15. The minimum Gasteiger partial charge on any atom is -0.385 e. The molecule has 1 aromatic heterocycles. The summed E-state index contributed by atoms with van der Waals surface area (Å²) in [7, 11) is 0. The van der Waals surface area contributed by atoms with E-state index < -0.39 is 0 Å². The Hall–Kier alpha value is -1.84. The second-order valence-electron chi connectivity index (χ2n) is 7.79. The number of hydrogen-bond acceptors (Lipinski definition) is 4. The molecule has 0 saturated heterocycles. The maximum absolute atomic E-state index is 5.33. The number of hydrogen-bond donors (Lipinski definition) is 1. The highest BCUT2D eigenvalue weighted by Crippen LogP contribution is 2.38. The minimum atomic E-state index is 0.412. The summed E-state index contributed by atoms with van der Waals surface area (Å²) in [6.45, 7) is 7.88. The molecule has 1 saturated carbocycles. The molecular formula is C19H27N3O. The molecule has 0 spiro atoms. The molecule has 1 aliphatic rings. The molecule has 1 fully saturated rings. The first-order valence-electron chi connectivity index (χ1n) is 8.65. The standard InChI is InChI=1S/C19H27N3O/c1-19(2,3)11-4-12-20-16-9-5-14(6-10-16)13-17-21-18(22-23-17)15-7-8-15/h5-6,9-10,15,20H,4,7-8,11-13H2,1-3H3. The van der Waals surface area contributed by atoms with Crippen molar-refractivity contribution in [2.45, 2.75) is 58.8 Å². The van der Waals surface area contributed by atoms with Crippen LogP contribution in [0.3, 0.4) is 0 Å². The van der Waals surface area contributed by atoms with E-state index in [-0.39, 0.29) is 0 Å². The van der Waals surface area contributed by atoms with Crippen molar-refractivity contribution in [1.82, 2.24) is 10.1 Å². The van der Waals surface area contributed by atoms with Crippen LogP contribution >= 0.6 is 0 Å². The van der Waals surface area contributed by atoms with Crippen LogP contribution in [0.2, 0.25) is 0 Å². The van der Waals surface area contributed by atoms with E-state index in [0.717, 1.165) is 18.3 Å². The van der Waals surface area contributed by atoms with Gasteiger partial charge in [-0.15, -0.1) is 0 Å². The van der Waals surface area contributed by atoms with E-state index in [1.54, 1.807) is 0 Å². The average molecular weight is 313 g/mol. The Morgan fingerprint density at radius 2 is 1.91 bits per heavy atom. The molecule has 0 amide bonds. The third-order valence-electron chi connectivity index (χ3n) is 4.17. The van der Waals surface area contributed by atoms with E-state index in [1.807, 2.05) is 0 Å². The van der Waals surface area contributed by atoms with Gasteiger partial charge < -0.3 is 9.84 Å². The van der Waals surface area contributed by atoms with Crippen molar-refractivity contribution < 1.29 is 4.52 Å². The van der Waals surface area contributed by atoms with Crippen molar-refractivity contribution in [1.29, 1.82) is 0 Å². The van der Waals surface area contributed by atoms with Crippen LogP contribution in [0.1, 0.15) is 69.7 Å². The molecule has 0 unspecified atom stereocenters. The monoisotopic (exact) mass is 313 g/mol. The maximum atomic E-state index is 5.33. The fourth-order valence-corrected chi connectivity index (χ4v) is 2.61. The summed E-state index contributed by atoms with van der Waals surface area (Å²) < 4.78 is 5.33. The highest BCUT2D eigenvalue weighted by atomic mass is 16.5. The fourth-order valence-electron chi connectivity index (χ4n) is 2.61. The fraction of sp³-hybridized carbons (Fsp3) is 0.579. The predicted octanol–water partition coefficient (Wildman–Crippen LogP) is 4.78. The zero-order valence-corrected chi connectivity index (χ0v) is 14.4. The van der Waals surface area contributed by atoms with Gasteiger partial charge in [0.15, 0.2) is 5.82 Å². The first kappa shape index (κ1) is 16.0. The normalized spacial score (nSPS) is 14.9. The SMILES string of the molecule is CC(C)(C)CCCNc1ccc(Cc2nc(C3CC3)no2)cc1. The molecule has 124 valence electrons. The number of anilines is 1. The van der Waals surface area contributed by atoms with Gasteiger partial charge in [-0.05, 0) is 48.8 Å². The topological polar surface area (TPSA) is 51.0 Å². The first-order valence-corrected chi connectivity index (χ1v) is 8.65. The molecule has 3 rings (SSSR count). The van der Waals surface area contributed by atoms with Crippen molar-refractivity contribution in [2.75, 3.05) is 11.9 Å². The lowest BCUT2D eigenvalue weighted by molar-refractivity contribution is 0.370. The van der Waals surface area contributed by atoms with E-state index in [2.05, 4.69) is 60.5 Å². The zero-order chi connectivity index (χ0) is 16.3. The average Bonchev–Trinajstić information content (AvgIpc) is 3.25. The molecule has 0 radical (unpaired) electrons. The van der Waals surface area contributed by atoms with E-state index in [0.29, 0.717) is 17.8 Å². The molecule has 1 aromatic carbocycles. The van der Waals surface area contributed by atoms with E-state index >= 15 is 0 Å². The number of nitrogens with one attached hydrogen (secondary N) is 1. The number of rotatable bonds is 7. The Morgan fingerprint density at radius 1 is 1.17 bits per heavy atom. The van der Waals surface area contributed by atoms with Crippen LogP contribution in [-0.4, -0.2) is 16.7 Å². The molecule has 4 heteroatoms. The summed E-state index contributed by atoms with van der Waals surface area (Å²) in [5.41, 5.74) is 2.79. The quantitative estimate of drug-likeness (QED) is 0.748. The van der Waals surface area contributed by atoms with Crippen LogP contribution in [0.15, 0.2) is 28.8 Å². The molecule has 2 aromatic rings. The van der Waals surface area contributed by atoms with E-state index in [9.17, 15) is 0 Å². The Labute approximate surface area is 138 Å². The van der Waals surface area contributed by atoms with Crippen LogP contribution < -0.4 is 5.32 Å². The summed E-state index contributed by atoms with van der Waals surface area (Å²) in [4.78, 5) is 4.48. The smallest absolute Gasteiger partial charge is 0.231 e. The van der Waals surface area contributed by atoms with Crippen LogP contribution in [0.5, 0.6) is 0 Å². The van der Waals surface area contributed by atoms with Crippen LogP contribution in [-0.2, 0) is 6.42 Å². The molecule has 1 aliphatic carbocycles. The summed E-state index contributed by atoms with van der Waals surface area (Å²) >= 11 is 0. The lowest BCUT2D eigenvalue weighted by Crippen LogP contribution is -2.09. The van der Waals surface area contributed by atoms with Gasteiger partial charge in [-0.3, -0.25) is 0 Å². The summed E-state index contributed by atoms with van der Waals surface area (Å²) in [5, 5.41) is 7.55. The highest BCUT2D eigenvalue weighted by molar-refractivity contribution is 5.44. The minimum absolute atomic E-state index is 0.412. The second-order valence-corrected chi connectivity index (χ2v) is 7.79. The predicted molar refractivity (Wildman–Crippen MR) is 92.7 cm³/mol. The first-order chi connectivity index (χ1) is 11.0. The Kier molecular flexibility index (Phi) is 4.69. The number of benzene rings is 1. The van der Waals surface area contributed by atoms with Gasteiger partial charge in [-0.2, -0.15) is 4.98 Å². The third kappa shape index (κ3) is 5.08. The summed E-state index contributed by atoms with van der Waals surface area (Å²) in [6, 6.07) is 8.52. The zero-order valence-electron chi connectivity index (χ0n) is 14.4. The molecule has 0 bridgehead atoms. The Bertz CT molecular complexity index is 621. The van der Waals surface area contributed by atoms with Gasteiger partial charge in [0.25, 0.3) is 0 Å². The largest absolute Gasteiger partial charge is 0.385 e. The Morgan fingerprint density at radius 3 is 2.57 bits per heavy atom. The molecule has 23 heavy (non-hydrogen) atoms. The lowest BCUT2D eigenvalue weighted by atomic mass is 9.91. The second kappa shape index (κ2) is 6.73. The van der Waals surface area contributed by atoms with Gasteiger partial charge in [-0.1, -0.05) is 38.1 Å². The van der Waals surface area contributed by atoms with Crippen LogP contribution in [0, 0.1) is 5.41 Å². The summed E-state index contributed by atoms with van der Waals surface area (Å²) in [6.07, 6.45) is 5.54. The van der Waals surface area contributed by atoms with Gasteiger partial charge in [0.1, 0.15) is 0 Å². The third-order valence-corrected chi connectivity index (χ3v) is 4.17. The van der Waals surface area contributed by atoms with Crippen molar-refractivity contribution in [3.63, 3.8) is 0 Å². The molecule has 1 N–H and O–H groups in total. The van der Waals surface area contributed by atoms with E-state index in [4.69, 9.17) is 4.52 Å². The lowest BCUT2D eigenvalue weighted by Gasteiger charge is -2.18. The van der Waals surface area contributed by atoms with Crippen LogP contribution in [0.25, 0.3) is 0 Å². The number of aromatic nitrogens is 2. The molecular weight excluding hydrogens is 286 g/mol. The molecule has 0 aliphatic heterocycles. The molecule has 1 heterocycles. The van der Waals surface area contributed by atoms with Crippen molar-refractivity contribution in [2.24, 2.45) is 5.41 Å². The van der Waals surface area contributed by atoms with Gasteiger partial charge >= 0.3 is 0 Å². The molecule has 0 atom stereocenters. The van der Waals surface area contributed by atoms with Crippen molar-refractivity contribution >= 4 is 5.69 Å². The maximum Gasteiger partial charge on any atom is 0.231 e.